The van der Waals surface area contributed by atoms with Crippen LogP contribution in [0.1, 0.15) is 49.8 Å². The largest absolute Gasteiger partial charge is 0.354 e. The zero-order chi connectivity index (χ0) is 29.3. The molecule has 0 bridgehead atoms. The second-order valence-corrected chi connectivity index (χ2v) is 12.1. The first-order valence-corrected chi connectivity index (χ1v) is 15.4. The van der Waals surface area contributed by atoms with E-state index in [0.717, 1.165) is 33.8 Å². The number of nitrogens with zero attached hydrogens (tertiary/aromatic N) is 2. The number of hydrogen-bond donors (Lipinski definition) is 1. The molecule has 0 aliphatic heterocycles. The highest BCUT2D eigenvalue weighted by molar-refractivity contribution is 7.92. The molecule has 0 heterocycles. The van der Waals surface area contributed by atoms with Crippen LogP contribution in [-0.4, -0.2) is 44.3 Å². The summed E-state index contributed by atoms with van der Waals surface area (Å²) in [7, 11) is -4.14. The lowest BCUT2D eigenvalue weighted by molar-refractivity contribution is -0.140. The number of sulfonamides is 1. The van der Waals surface area contributed by atoms with Gasteiger partial charge in [0.2, 0.25) is 11.8 Å². The average Bonchev–Trinajstić information content (AvgIpc) is 2.92. The number of unbranched alkanes of at least 4 members (excludes halogenated alkanes) is 1. The minimum atomic E-state index is -4.14. The third-order valence-corrected chi connectivity index (χ3v) is 8.83. The minimum Gasteiger partial charge on any atom is -0.354 e. The molecule has 0 aliphatic rings. The lowest BCUT2D eigenvalue weighted by Gasteiger charge is -2.33. The molecule has 3 aromatic rings. The standard InChI is InChI=1S/C31H38ClN3O4S/c1-5-7-19-33-31(37)29(6-2)34(21-25-13-9-8-12-24(25)4)30(36)22-35(27-14-10-11-23(3)20-27)40(38,39)28-17-15-26(32)16-18-28/h8-18,20,29H,5-7,19,21-22H2,1-4H3,(H,33,37)/t29-/m1/s1. The third kappa shape index (κ3) is 7.86. The second-order valence-electron chi connectivity index (χ2n) is 9.82. The van der Waals surface area contributed by atoms with Gasteiger partial charge in [-0.05, 0) is 79.8 Å². The molecule has 1 N–H and O–H groups in total. The van der Waals surface area contributed by atoms with Crippen molar-refractivity contribution in [1.29, 1.82) is 0 Å². The fourth-order valence-electron chi connectivity index (χ4n) is 4.44. The Balaban J connectivity index is 2.05. The molecule has 214 valence electrons. The van der Waals surface area contributed by atoms with E-state index in [4.69, 9.17) is 11.6 Å². The van der Waals surface area contributed by atoms with Crippen LogP contribution in [0.15, 0.2) is 77.7 Å². The molecule has 9 heteroatoms. The number of hydrogen-bond acceptors (Lipinski definition) is 4. The summed E-state index contributed by atoms with van der Waals surface area (Å²) in [6.07, 6.45) is 2.13. The van der Waals surface area contributed by atoms with Crippen molar-refractivity contribution in [2.45, 2.75) is 64.4 Å². The summed E-state index contributed by atoms with van der Waals surface area (Å²) in [5.41, 5.74) is 3.07. The molecular formula is C31H38ClN3O4S. The summed E-state index contributed by atoms with van der Waals surface area (Å²) < 4.78 is 28.9. The van der Waals surface area contributed by atoms with Gasteiger partial charge >= 0.3 is 0 Å². The van der Waals surface area contributed by atoms with Crippen molar-refractivity contribution >= 4 is 39.1 Å². The van der Waals surface area contributed by atoms with Crippen LogP contribution in [-0.2, 0) is 26.2 Å². The summed E-state index contributed by atoms with van der Waals surface area (Å²) in [4.78, 5) is 28.9. The molecule has 2 amide bonds. The van der Waals surface area contributed by atoms with Crippen LogP contribution < -0.4 is 9.62 Å². The number of carbonyl (C=O) groups is 2. The van der Waals surface area contributed by atoms with Crippen LogP contribution in [0, 0.1) is 13.8 Å². The highest BCUT2D eigenvalue weighted by Crippen LogP contribution is 2.26. The number of carbonyl (C=O) groups excluding carboxylic acids is 2. The molecule has 1 atom stereocenters. The molecule has 0 saturated heterocycles. The summed E-state index contributed by atoms with van der Waals surface area (Å²) in [6, 6.07) is 19.7. The zero-order valence-corrected chi connectivity index (χ0v) is 25.1. The lowest BCUT2D eigenvalue weighted by atomic mass is 10.1. The van der Waals surface area contributed by atoms with Crippen LogP contribution in [0.4, 0.5) is 5.69 Å². The first-order valence-electron chi connectivity index (χ1n) is 13.5. The van der Waals surface area contributed by atoms with Gasteiger partial charge in [-0.3, -0.25) is 13.9 Å². The molecule has 0 saturated carbocycles. The van der Waals surface area contributed by atoms with E-state index in [-0.39, 0.29) is 17.3 Å². The molecule has 0 spiro atoms. The van der Waals surface area contributed by atoms with Gasteiger partial charge < -0.3 is 10.2 Å². The molecule has 0 aliphatic carbocycles. The fourth-order valence-corrected chi connectivity index (χ4v) is 5.97. The Morgan fingerprint density at radius 3 is 2.27 bits per heavy atom. The normalized spacial score (nSPS) is 12.0. The number of nitrogens with one attached hydrogen (secondary N) is 1. The van der Waals surface area contributed by atoms with Crippen molar-refractivity contribution in [3.63, 3.8) is 0 Å². The highest BCUT2D eigenvalue weighted by atomic mass is 35.5. The van der Waals surface area contributed by atoms with E-state index in [0.29, 0.717) is 23.7 Å². The number of rotatable bonds is 13. The maximum absolute atomic E-state index is 14.1. The Morgan fingerprint density at radius 1 is 0.950 bits per heavy atom. The van der Waals surface area contributed by atoms with Gasteiger partial charge in [-0.25, -0.2) is 8.42 Å². The number of halogens is 1. The third-order valence-electron chi connectivity index (χ3n) is 6.79. The van der Waals surface area contributed by atoms with Gasteiger partial charge in [-0.15, -0.1) is 0 Å². The zero-order valence-electron chi connectivity index (χ0n) is 23.6. The van der Waals surface area contributed by atoms with E-state index in [1.165, 1.54) is 29.2 Å². The first kappa shape index (κ1) is 31.2. The second kappa shape index (κ2) is 14.3. The monoisotopic (exact) mass is 583 g/mol. The molecule has 7 nitrogen and oxygen atoms in total. The maximum Gasteiger partial charge on any atom is 0.264 e. The Kier molecular flexibility index (Phi) is 11.2. The average molecular weight is 584 g/mol. The Morgan fingerprint density at radius 2 is 1.65 bits per heavy atom. The summed E-state index contributed by atoms with van der Waals surface area (Å²) in [6.45, 7) is 7.91. The predicted octanol–water partition coefficient (Wildman–Crippen LogP) is 5.88. The molecule has 0 aromatic heterocycles. The van der Waals surface area contributed by atoms with Gasteiger partial charge in [0.15, 0.2) is 0 Å². The molecule has 0 unspecified atom stereocenters. The van der Waals surface area contributed by atoms with Crippen LogP contribution >= 0.6 is 11.6 Å². The molecule has 0 fully saturated rings. The van der Waals surface area contributed by atoms with E-state index in [9.17, 15) is 18.0 Å². The SMILES string of the molecule is CCCCNC(=O)[C@@H](CC)N(Cc1ccccc1C)C(=O)CN(c1cccc(C)c1)S(=O)(=O)c1ccc(Cl)cc1. The van der Waals surface area contributed by atoms with Gasteiger partial charge in [0.25, 0.3) is 10.0 Å². The maximum atomic E-state index is 14.1. The topological polar surface area (TPSA) is 86.8 Å². The molecule has 3 aromatic carbocycles. The van der Waals surface area contributed by atoms with Crippen molar-refractivity contribution < 1.29 is 18.0 Å². The molecule has 0 radical (unpaired) electrons. The quantitative estimate of drug-likeness (QED) is 0.255. The number of aryl methyl sites for hydroxylation is 2. The van der Waals surface area contributed by atoms with Crippen LogP contribution in [0.2, 0.25) is 5.02 Å². The molecular weight excluding hydrogens is 546 g/mol. The van der Waals surface area contributed by atoms with Crippen LogP contribution in [0.25, 0.3) is 0 Å². The van der Waals surface area contributed by atoms with Crippen LogP contribution in [0.5, 0.6) is 0 Å². The summed E-state index contributed by atoms with van der Waals surface area (Å²) in [5, 5.41) is 3.35. The summed E-state index contributed by atoms with van der Waals surface area (Å²) >= 11 is 6.01. The van der Waals surface area contributed by atoms with Gasteiger partial charge in [0, 0.05) is 18.1 Å². The van der Waals surface area contributed by atoms with Crippen LogP contribution in [0.3, 0.4) is 0 Å². The Hall–Kier alpha value is -3.36. The van der Waals surface area contributed by atoms with Crippen molar-refractivity contribution in [1.82, 2.24) is 10.2 Å². The van der Waals surface area contributed by atoms with E-state index >= 15 is 0 Å². The number of benzene rings is 3. The Bertz CT molecular complexity index is 1410. The van der Waals surface area contributed by atoms with Crippen molar-refractivity contribution in [2.75, 3.05) is 17.4 Å². The summed E-state index contributed by atoms with van der Waals surface area (Å²) in [5.74, 6) is -0.722. The predicted molar refractivity (Wildman–Crippen MR) is 161 cm³/mol. The lowest BCUT2D eigenvalue weighted by Crippen LogP contribution is -2.52. The first-order chi connectivity index (χ1) is 19.1. The smallest absolute Gasteiger partial charge is 0.264 e. The number of amides is 2. The minimum absolute atomic E-state index is 0.0148. The fraction of sp³-hybridized carbons (Fsp3) is 0.355. The van der Waals surface area contributed by atoms with Gasteiger partial charge in [-0.2, -0.15) is 0 Å². The Labute approximate surface area is 243 Å². The van der Waals surface area contributed by atoms with E-state index in [1.807, 2.05) is 58.0 Å². The van der Waals surface area contributed by atoms with E-state index in [2.05, 4.69) is 5.32 Å². The van der Waals surface area contributed by atoms with E-state index in [1.54, 1.807) is 18.2 Å². The van der Waals surface area contributed by atoms with Gasteiger partial charge in [0.1, 0.15) is 12.6 Å². The van der Waals surface area contributed by atoms with Crippen molar-refractivity contribution in [3.8, 4) is 0 Å². The molecule has 3 rings (SSSR count). The number of anilines is 1. The van der Waals surface area contributed by atoms with Crippen molar-refractivity contribution in [2.24, 2.45) is 0 Å². The van der Waals surface area contributed by atoms with Gasteiger partial charge in [-0.1, -0.05) is 68.3 Å². The van der Waals surface area contributed by atoms with Crippen molar-refractivity contribution in [3.05, 3.63) is 94.5 Å². The van der Waals surface area contributed by atoms with E-state index < -0.39 is 28.5 Å². The van der Waals surface area contributed by atoms with Gasteiger partial charge in [0.05, 0.1) is 10.6 Å². The molecule has 40 heavy (non-hydrogen) atoms. The highest BCUT2D eigenvalue weighted by Gasteiger charge is 2.33.